The molecule has 2 aliphatic rings. The molecule has 8 heteroatoms. The van der Waals surface area contributed by atoms with Gasteiger partial charge in [0.1, 0.15) is 13.1 Å². The lowest BCUT2D eigenvalue weighted by Gasteiger charge is -2.30. The van der Waals surface area contributed by atoms with Crippen molar-refractivity contribution in [2.45, 2.75) is 25.3 Å². The van der Waals surface area contributed by atoms with Crippen molar-refractivity contribution in [3.63, 3.8) is 0 Å². The van der Waals surface area contributed by atoms with Gasteiger partial charge in [-0.25, -0.2) is 4.79 Å². The van der Waals surface area contributed by atoms with Crippen LogP contribution in [0.2, 0.25) is 0 Å². The fourth-order valence-corrected chi connectivity index (χ4v) is 3.10. The molecule has 1 unspecified atom stereocenters. The highest BCUT2D eigenvalue weighted by Gasteiger charge is 2.33. The highest BCUT2D eigenvalue weighted by molar-refractivity contribution is 5.84. The first-order valence-corrected chi connectivity index (χ1v) is 7.19. The molecule has 2 fully saturated rings. The van der Waals surface area contributed by atoms with Gasteiger partial charge >= 0.3 is 18.0 Å². The molecule has 2 rings (SSSR count). The van der Waals surface area contributed by atoms with E-state index in [-0.39, 0.29) is 0 Å². The van der Waals surface area contributed by atoms with Crippen molar-refractivity contribution in [1.29, 1.82) is 0 Å². The maximum absolute atomic E-state index is 12.4. The fourth-order valence-electron chi connectivity index (χ4n) is 3.10. The van der Waals surface area contributed by atoms with Crippen LogP contribution in [0.25, 0.3) is 0 Å². The van der Waals surface area contributed by atoms with Gasteiger partial charge in [-0.05, 0) is 25.8 Å². The van der Waals surface area contributed by atoms with Gasteiger partial charge in [0, 0.05) is 25.7 Å². The van der Waals surface area contributed by atoms with Crippen LogP contribution < -0.4 is 0 Å². The van der Waals surface area contributed by atoms with E-state index in [1.54, 1.807) is 4.90 Å². The van der Waals surface area contributed by atoms with Gasteiger partial charge in [0.05, 0.1) is 0 Å². The fraction of sp³-hybridized carbons (Fsp3) is 0.769. The topological polar surface area (TPSA) is 101 Å². The van der Waals surface area contributed by atoms with Gasteiger partial charge < -0.3 is 20.0 Å². The van der Waals surface area contributed by atoms with Crippen LogP contribution in [0.4, 0.5) is 4.79 Å². The Morgan fingerprint density at radius 1 is 1.00 bits per heavy atom. The largest absolute Gasteiger partial charge is 0.480 e. The van der Waals surface area contributed by atoms with Crippen LogP contribution in [0.1, 0.15) is 19.3 Å². The molecule has 2 heterocycles. The van der Waals surface area contributed by atoms with Crippen molar-refractivity contribution in [1.82, 2.24) is 14.7 Å². The molecule has 0 radical (unpaired) electrons. The second kappa shape index (κ2) is 6.75. The maximum atomic E-state index is 12.4. The Hall–Kier alpha value is -1.83. The van der Waals surface area contributed by atoms with Gasteiger partial charge in [-0.3, -0.25) is 14.5 Å². The SMILES string of the molecule is O=C(O)CN(CC(=O)O)C(=O)N1CCCN2CCCC2C1. The first-order chi connectivity index (χ1) is 9.97. The highest BCUT2D eigenvalue weighted by atomic mass is 16.4. The summed E-state index contributed by atoms with van der Waals surface area (Å²) < 4.78 is 0. The lowest BCUT2D eigenvalue weighted by Crippen LogP contribution is -2.49. The van der Waals surface area contributed by atoms with E-state index < -0.39 is 31.1 Å². The molecule has 0 aliphatic carbocycles. The average molecular weight is 299 g/mol. The zero-order chi connectivity index (χ0) is 15.4. The standard InChI is InChI=1S/C13H21N3O5/c17-11(18)8-16(9-12(19)20)13(21)15-6-2-5-14-4-1-3-10(14)7-15/h10H,1-9H2,(H,17,18)(H,19,20). The zero-order valence-electron chi connectivity index (χ0n) is 11.9. The summed E-state index contributed by atoms with van der Waals surface area (Å²) in [4.78, 5) is 38.9. The Kier molecular flexibility index (Phi) is 5.00. The minimum atomic E-state index is -1.21. The lowest BCUT2D eigenvalue weighted by atomic mass is 10.2. The number of carbonyl (C=O) groups is 3. The number of nitrogens with zero attached hydrogens (tertiary/aromatic N) is 3. The Morgan fingerprint density at radius 2 is 1.62 bits per heavy atom. The summed E-state index contributed by atoms with van der Waals surface area (Å²) in [7, 11) is 0. The Labute approximate surface area is 122 Å². The van der Waals surface area contributed by atoms with Crippen molar-refractivity contribution in [2.75, 3.05) is 39.3 Å². The summed E-state index contributed by atoms with van der Waals surface area (Å²) in [6.45, 7) is 1.90. The molecular formula is C13H21N3O5. The van der Waals surface area contributed by atoms with Crippen LogP contribution in [0.5, 0.6) is 0 Å². The third kappa shape index (κ3) is 4.07. The summed E-state index contributed by atoms with van der Waals surface area (Å²) in [5, 5.41) is 17.7. The number of aliphatic carboxylic acids is 2. The van der Waals surface area contributed by atoms with E-state index in [4.69, 9.17) is 10.2 Å². The predicted molar refractivity (Wildman–Crippen MR) is 73.0 cm³/mol. The maximum Gasteiger partial charge on any atom is 0.323 e. The average Bonchev–Trinajstić information content (AvgIpc) is 2.73. The molecule has 0 bridgehead atoms. The molecular weight excluding hydrogens is 278 g/mol. The second-order valence-corrected chi connectivity index (χ2v) is 5.56. The number of carbonyl (C=O) groups excluding carboxylic acids is 1. The molecule has 0 saturated carbocycles. The van der Waals surface area contributed by atoms with Gasteiger partial charge in [-0.2, -0.15) is 0 Å². The number of urea groups is 1. The molecule has 8 nitrogen and oxygen atoms in total. The van der Waals surface area contributed by atoms with Crippen LogP contribution in [0, 0.1) is 0 Å². The van der Waals surface area contributed by atoms with E-state index in [9.17, 15) is 14.4 Å². The van der Waals surface area contributed by atoms with Crippen LogP contribution in [-0.4, -0.2) is 88.2 Å². The molecule has 1 atom stereocenters. The first-order valence-electron chi connectivity index (χ1n) is 7.19. The number of amides is 2. The molecule has 2 aliphatic heterocycles. The number of fused-ring (bicyclic) bond motifs is 1. The molecule has 118 valence electrons. The van der Waals surface area contributed by atoms with E-state index >= 15 is 0 Å². The van der Waals surface area contributed by atoms with Crippen molar-refractivity contribution in [3.8, 4) is 0 Å². The van der Waals surface area contributed by atoms with Gasteiger partial charge in [0.25, 0.3) is 0 Å². The van der Waals surface area contributed by atoms with Gasteiger partial charge in [-0.15, -0.1) is 0 Å². The smallest absolute Gasteiger partial charge is 0.323 e. The Morgan fingerprint density at radius 3 is 2.24 bits per heavy atom. The van der Waals surface area contributed by atoms with E-state index in [1.807, 2.05) is 0 Å². The highest BCUT2D eigenvalue weighted by Crippen LogP contribution is 2.21. The van der Waals surface area contributed by atoms with E-state index in [2.05, 4.69) is 4.90 Å². The minimum absolute atomic E-state index is 0.313. The number of hydrogen-bond donors (Lipinski definition) is 2. The predicted octanol–water partition coefficient (Wildman–Crippen LogP) is -0.252. The summed E-state index contributed by atoms with van der Waals surface area (Å²) in [5.41, 5.74) is 0. The van der Waals surface area contributed by atoms with Crippen LogP contribution >= 0.6 is 0 Å². The van der Waals surface area contributed by atoms with E-state index in [1.165, 1.54) is 0 Å². The lowest BCUT2D eigenvalue weighted by molar-refractivity contribution is -0.140. The second-order valence-electron chi connectivity index (χ2n) is 5.56. The van der Waals surface area contributed by atoms with Crippen molar-refractivity contribution >= 4 is 18.0 Å². The Bertz CT molecular complexity index is 412. The van der Waals surface area contributed by atoms with Crippen molar-refractivity contribution < 1.29 is 24.6 Å². The van der Waals surface area contributed by atoms with E-state index in [0.29, 0.717) is 19.1 Å². The van der Waals surface area contributed by atoms with Gasteiger partial charge in [-0.1, -0.05) is 0 Å². The van der Waals surface area contributed by atoms with Crippen LogP contribution in [0.3, 0.4) is 0 Å². The van der Waals surface area contributed by atoms with Crippen molar-refractivity contribution in [2.24, 2.45) is 0 Å². The molecule has 2 saturated heterocycles. The molecule has 0 aromatic rings. The third-order valence-electron chi connectivity index (χ3n) is 4.00. The monoisotopic (exact) mass is 299 g/mol. The molecule has 0 aromatic heterocycles. The molecule has 2 amide bonds. The van der Waals surface area contributed by atoms with Crippen LogP contribution in [-0.2, 0) is 9.59 Å². The quantitative estimate of drug-likeness (QED) is 0.742. The molecule has 2 N–H and O–H groups in total. The Balaban J connectivity index is 2.03. The number of hydrogen-bond acceptors (Lipinski definition) is 4. The zero-order valence-corrected chi connectivity index (χ0v) is 11.9. The number of carboxylic acids is 2. The van der Waals surface area contributed by atoms with Gasteiger partial charge in [0.15, 0.2) is 0 Å². The number of rotatable bonds is 4. The normalized spacial score (nSPS) is 22.5. The van der Waals surface area contributed by atoms with Crippen LogP contribution in [0.15, 0.2) is 0 Å². The third-order valence-corrected chi connectivity index (χ3v) is 4.00. The van der Waals surface area contributed by atoms with Crippen molar-refractivity contribution in [3.05, 3.63) is 0 Å². The van der Waals surface area contributed by atoms with E-state index in [0.717, 1.165) is 37.3 Å². The summed E-state index contributed by atoms with van der Waals surface area (Å²) in [5.74, 6) is -2.41. The van der Waals surface area contributed by atoms with Gasteiger partial charge in [0.2, 0.25) is 0 Å². The summed E-state index contributed by atoms with van der Waals surface area (Å²) in [6, 6.07) is -0.179. The molecule has 21 heavy (non-hydrogen) atoms. The first kappa shape index (κ1) is 15.6. The summed E-state index contributed by atoms with van der Waals surface area (Å²) >= 11 is 0. The minimum Gasteiger partial charge on any atom is -0.480 e. The molecule has 0 aromatic carbocycles. The number of carboxylic acid groups (broad SMARTS) is 2. The summed E-state index contributed by atoms with van der Waals surface area (Å²) in [6.07, 6.45) is 2.97. The molecule has 0 spiro atoms.